The Morgan fingerprint density at radius 2 is 1.83 bits per heavy atom. The highest BCUT2D eigenvalue weighted by molar-refractivity contribution is 6.12. The van der Waals surface area contributed by atoms with E-state index in [0.717, 1.165) is 0 Å². The minimum absolute atomic E-state index is 0.0322. The second kappa shape index (κ2) is 4.57. The number of ether oxygens (including phenoxy) is 1. The van der Waals surface area contributed by atoms with Crippen molar-refractivity contribution in [1.29, 1.82) is 0 Å². The van der Waals surface area contributed by atoms with Crippen LogP contribution in [0.4, 0.5) is 5.69 Å². The van der Waals surface area contributed by atoms with Crippen molar-refractivity contribution in [2.45, 2.75) is 11.8 Å². The third-order valence-electron chi connectivity index (χ3n) is 4.35. The number of anilines is 1. The van der Waals surface area contributed by atoms with Crippen LogP contribution in [0.2, 0.25) is 0 Å². The van der Waals surface area contributed by atoms with E-state index in [1.165, 1.54) is 18.0 Å². The van der Waals surface area contributed by atoms with Gasteiger partial charge in [0.25, 0.3) is 17.5 Å². The molecule has 2 unspecified atom stereocenters. The van der Waals surface area contributed by atoms with E-state index in [0.29, 0.717) is 16.8 Å². The fourth-order valence-electron chi connectivity index (χ4n) is 3.03. The zero-order chi connectivity index (χ0) is 16.2. The van der Waals surface area contributed by atoms with E-state index in [2.05, 4.69) is 5.32 Å². The molecule has 2 amide bonds. The minimum atomic E-state index is -1.44. The summed E-state index contributed by atoms with van der Waals surface area (Å²) in [4.78, 5) is 26.7. The summed E-state index contributed by atoms with van der Waals surface area (Å²) in [5, 5.41) is 12.7. The number of aromatic hydroxyl groups is 1. The number of rotatable bonds is 1. The molecular formula is C17H14N2O4. The lowest BCUT2D eigenvalue weighted by Crippen LogP contribution is -2.46. The van der Waals surface area contributed by atoms with Gasteiger partial charge in [-0.1, -0.05) is 30.3 Å². The lowest BCUT2D eigenvalue weighted by molar-refractivity contribution is -0.125. The number of amides is 2. The fraction of sp³-hybridized carbons (Fsp3) is 0.176. The molecule has 1 saturated heterocycles. The number of para-hydroxylation sites is 2. The average Bonchev–Trinajstić information content (AvgIpc) is 3.31. The van der Waals surface area contributed by atoms with Gasteiger partial charge in [0.15, 0.2) is 0 Å². The molecule has 116 valence electrons. The molecule has 2 heterocycles. The fourth-order valence-corrected chi connectivity index (χ4v) is 3.03. The number of fused-ring (bicyclic) bond motifs is 1. The zero-order valence-corrected chi connectivity index (χ0v) is 12.3. The predicted octanol–water partition coefficient (Wildman–Crippen LogP) is 1.88. The molecule has 6 heteroatoms. The van der Waals surface area contributed by atoms with Gasteiger partial charge in [-0.2, -0.15) is 0 Å². The Bertz CT molecular complexity index is 835. The van der Waals surface area contributed by atoms with E-state index in [4.69, 9.17) is 4.74 Å². The third kappa shape index (κ3) is 1.78. The molecule has 2 aromatic rings. The van der Waals surface area contributed by atoms with Crippen molar-refractivity contribution < 1.29 is 19.4 Å². The number of nitrogens with zero attached hydrogens (tertiary/aromatic N) is 1. The average molecular weight is 310 g/mol. The number of likely N-dealkylation sites (N-methyl/N-ethyl adjacent to an activating group) is 1. The van der Waals surface area contributed by atoms with Crippen molar-refractivity contribution >= 4 is 17.5 Å². The Labute approximate surface area is 132 Å². The number of nitrogens with one attached hydrogen (secondary N) is 1. The number of carbonyl (C=O) groups excluding carboxylic acids is 2. The topological polar surface area (TPSA) is 82.2 Å². The van der Waals surface area contributed by atoms with Crippen LogP contribution < -0.4 is 5.32 Å². The normalized spacial score (nSPS) is 25.8. The Kier molecular flexibility index (Phi) is 2.74. The summed E-state index contributed by atoms with van der Waals surface area (Å²) in [5.41, 5.74) is -0.0904. The molecule has 0 bridgehead atoms. The molecule has 4 rings (SSSR count). The van der Waals surface area contributed by atoms with Gasteiger partial charge in [-0.05, 0) is 18.2 Å². The maximum absolute atomic E-state index is 12.7. The third-order valence-corrected chi connectivity index (χ3v) is 4.35. The van der Waals surface area contributed by atoms with Gasteiger partial charge in [0.05, 0.1) is 11.3 Å². The van der Waals surface area contributed by atoms with Gasteiger partial charge >= 0.3 is 0 Å². The molecule has 6 nitrogen and oxygen atoms in total. The van der Waals surface area contributed by atoms with E-state index in [1.54, 1.807) is 42.5 Å². The monoisotopic (exact) mass is 310 g/mol. The van der Waals surface area contributed by atoms with E-state index >= 15 is 0 Å². The number of phenols is 1. The van der Waals surface area contributed by atoms with Crippen molar-refractivity contribution in [2.75, 3.05) is 12.4 Å². The molecule has 2 aromatic carbocycles. The maximum Gasteiger partial charge on any atom is 0.281 e. The standard InChI is InChI=1S/C17H14N2O4/c1-19-15(21)10-6-2-4-8-12(10)18-16(22)17(19)14(23-17)11-7-3-5-9-13(11)20/h2-9,14,20H,1H3,(H,18,22). The van der Waals surface area contributed by atoms with Crippen LogP contribution in [0.25, 0.3) is 0 Å². The molecule has 1 fully saturated rings. The number of carbonyl (C=O) groups is 2. The SMILES string of the molecule is CN1C(=O)c2ccccc2NC(=O)C12OC2c1ccccc1O. The zero-order valence-electron chi connectivity index (χ0n) is 12.3. The van der Waals surface area contributed by atoms with Crippen LogP contribution >= 0.6 is 0 Å². The molecule has 0 aliphatic carbocycles. The van der Waals surface area contributed by atoms with E-state index < -0.39 is 17.7 Å². The second-order valence-corrected chi connectivity index (χ2v) is 5.62. The first-order valence-electron chi connectivity index (χ1n) is 7.20. The van der Waals surface area contributed by atoms with Crippen LogP contribution in [0.3, 0.4) is 0 Å². The molecule has 2 atom stereocenters. The summed E-state index contributed by atoms with van der Waals surface area (Å²) in [6, 6.07) is 13.5. The Morgan fingerprint density at radius 3 is 2.61 bits per heavy atom. The summed E-state index contributed by atoms with van der Waals surface area (Å²) >= 11 is 0. The smallest absolute Gasteiger partial charge is 0.281 e. The van der Waals surface area contributed by atoms with Gasteiger partial charge in [0, 0.05) is 12.6 Å². The van der Waals surface area contributed by atoms with Gasteiger partial charge in [-0.3, -0.25) is 9.59 Å². The first-order chi connectivity index (χ1) is 11.1. The molecule has 0 radical (unpaired) electrons. The summed E-state index contributed by atoms with van der Waals surface area (Å²) in [5.74, 6) is -0.701. The highest BCUT2D eigenvalue weighted by Crippen LogP contribution is 2.55. The van der Waals surface area contributed by atoms with Crippen LogP contribution in [0.1, 0.15) is 22.0 Å². The highest BCUT2D eigenvalue weighted by atomic mass is 16.6. The Balaban J connectivity index is 1.79. The quantitative estimate of drug-likeness (QED) is 0.788. The summed E-state index contributed by atoms with van der Waals surface area (Å²) < 4.78 is 5.65. The maximum atomic E-state index is 12.7. The van der Waals surface area contributed by atoms with E-state index in [9.17, 15) is 14.7 Å². The lowest BCUT2D eigenvalue weighted by Gasteiger charge is -2.21. The lowest BCUT2D eigenvalue weighted by atomic mass is 10.0. The van der Waals surface area contributed by atoms with Crippen LogP contribution in [0, 0.1) is 0 Å². The summed E-state index contributed by atoms with van der Waals surface area (Å²) in [6.45, 7) is 0. The van der Waals surface area contributed by atoms with Crippen molar-refractivity contribution in [2.24, 2.45) is 0 Å². The van der Waals surface area contributed by atoms with E-state index in [1.807, 2.05) is 0 Å². The molecule has 2 aliphatic heterocycles. The number of hydrogen-bond donors (Lipinski definition) is 2. The first-order valence-corrected chi connectivity index (χ1v) is 7.20. The molecule has 1 spiro atoms. The largest absolute Gasteiger partial charge is 0.508 e. The van der Waals surface area contributed by atoms with Gasteiger partial charge in [-0.25, -0.2) is 0 Å². The number of epoxide rings is 1. The van der Waals surface area contributed by atoms with Crippen molar-refractivity contribution in [3.05, 3.63) is 59.7 Å². The number of benzene rings is 2. The summed E-state index contributed by atoms with van der Waals surface area (Å²) in [7, 11) is 1.53. The van der Waals surface area contributed by atoms with Crippen LogP contribution in [-0.2, 0) is 9.53 Å². The Hall–Kier alpha value is -2.86. The van der Waals surface area contributed by atoms with Crippen LogP contribution in [-0.4, -0.2) is 34.6 Å². The number of phenolic OH excluding ortho intramolecular Hbond substituents is 1. The summed E-state index contributed by atoms with van der Waals surface area (Å²) in [6.07, 6.45) is -0.702. The van der Waals surface area contributed by atoms with Gasteiger partial charge in [0.2, 0.25) is 0 Å². The predicted molar refractivity (Wildman–Crippen MR) is 81.8 cm³/mol. The van der Waals surface area contributed by atoms with Gasteiger partial charge in [-0.15, -0.1) is 0 Å². The molecule has 0 aromatic heterocycles. The molecule has 2 aliphatic rings. The molecular weight excluding hydrogens is 296 g/mol. The molecule has 23 heavy (non-hydrogen) atoms. The molecule has 0 saturated carbocycles. The second-order valence-electron chi connectivity index (χ2n) is 5.62. The molecule has 2 N–H and O–H groups in total. The van der Waals surface area contributed by atoms with Crippen molar-refractivity contribution in [3.63, 3.8) is 0 Å². The van der Waals surface area contributed by atoms with Crippen molar-refractivity contribution in [1.82, 2.24) is 4.90 Å². The van der Waals surface area contributed by atoms with E-state index in [-0.39, 0.29) is 11.7 Å². The van der Waals surface area contributed by atoms with Crippen LogP contribution in [0.15, 0.2) is 48.5 Å². The Morgan fingerprint density at radius 1 is 1.13 bits per heavy atom. The first kappa shape index (κ1) is 13.8. The highest BCUT2D eigenvalue weighted by Gasteiger charge is 2.69. The number of hydrogen-bond acceptors (Lipinski definition) is 4. The van der Waals surface area contributed by atoms with Gasteiger partial charge in [0.1, 0.15) is 11.9 Å². The van der Waals surface area contributed by atoms with Crippen molar-refractivity contribution in [3.8, 4) is 5.75 Å². The van der Waals surface area contributed by atoms with Crippen LogP contribution in [0.5, 0.6) is 5.75 Å². The van der Waals surface area contributed by atoms with Gasteiger partial charge < -0.3 is 20.1 Å². The minimum Gasteiger partial charge on any atom is -0.508 e.